The maximum absolute atomic E-state index is 11.9. The number of thioether (sulfide) groups is 1. The number of guanidine groups is 1. The molecule has 1 saturated heterocycles. The normalized spacial score (nSPS) is 20.6. The zero-order valence-corrected chi connectivity index (χ0v) is 19.6. The summed E-state index contributed by atoms with van der Waals surface area (Å²) in [5.74, 6) is 2.04. The topological polar surface area (TPSA) is 66.0 Å². The van der Waals surface area contributed by atoms with E-state index in [1.54, 1.807) is 11.9 Å². The van der Waals surface area contributed by atoms with Gasteiger partial charge in [-0.25, -0.2) is 4.79 Å². The smallest absolute Gasteiger partial charge is 0.410 e. The van der Waals surface area contributed by atoms with Gasteiger partial charge < -0.3 is 20.3 Å². The monoisotopic (exact) mass is 486 g/mol. The fourth-order valence-corrected chi connectivity index (χ4v) is 3.55. The first kappa shape index (κ1) is 24.6. The number of likely N-dealkylation sites (N-methyl/N-ethyl adjacent to an activating group) is 1. The molecule has 1 amide bonds. The van der Waals surface area contributed by atoms with Crippen molar-refractivity contribution in [3.05, 3.63) is 0 Å². The Kier molecular flexibility index (Phi) is 11.2. The van der Waals surface area contributed by atoms with Crippen molar-refractivity contribution >= 4 is 47.8 Å². The SMILES string of the molecule is CCNC(=NCC1(C)CCCS1)NCCN(C)C(=O)OC(C)(C)C.I. The van der Waals surface area contributed by atoms with Gasteiger partial charge in [-0.1, -0.05) is 0 Å². The summed E-state index contributed by atoms with van der Waals surface area (Å²) in [4.78, 5) is 18.2. The van der Waals surface area contributed by atoms with Gasteiger partial charge >= 0.3 is 6.09 Å². The summed E-state index contributed by atoms with van der Waals surface area (Å²) >= 11 is 2.01. The number of nitrogens with one attached hydrogen (secondary N) is 2. The lowest BCUT2D eigenvalue weighted by Gasteiger charge is -2.25. The lowest BCUT2D eigenvalue weighted by Crippen LogP contribution is -2.43. The van der Waals surface area contributed by atoms with Crippen LogP contribution in [0.1, 0.15) is 47.5 Å². The maximum Gasteiger partial charge on any atom is 0.410 e. The number of rotatable bonds is 6. The summed E-state index contributed by atoms with van der Waals surface area (Å²) in [6, 6.07) is 0. The molecule has 1 atom stereocenters. The van der Waals surface area contributed by atoms with Crippen molar-refractivity contribution < 1.29 is 9.53 Å². The molecular formula is C17H35IN4O2S. The molecule has 1 heterocycles. The fraction of sp³-hybridized carbons (Fsp3) is 0.882. The zero-order valence-electron chi connectivity index (χ0n) is 16.5. The molecule has 0 radical (unpaired) electrons. The van der Waals surface area contributed by atoms with Crippen LogP contribution < -0.4 is 10.6 Å². The molecule has 8 heteroatoms. The molecule has 1 rings (SSSR count). The van der Waals surface area contributed by atoms with Gasteiger partial charge in [-0.15, -0.1) is 24.0 Å². The number of nitrogens with zero attached hydrogens (tertiary/aromatic N) is 2. The molecule has 0 aliphatic carbocycles. The van der Waals surface area contributed by atoms with E-state index < -0.39 is 5.60 Å². The zero-order chi connectivity index (χ0) is 18.2. The molecule has 0 spiro atoms. The summed E-state index contributed by atoms with van der Waals surface area (Å²) in [6.07, 6.45) is 2.20. The van der Waals surface area contributed by atoms with Gasteiger partial charge in [-0.05, 0) is 53.2 Å². The van der Waals surface area contributed by atoms with E-state index in [1.807, 2.05) is 32.5 Å². The number of carbonyl (C=O) groups is 1. The first-order chi connectivity index (χ1) is 11.2. The minimum atomic E-state index is -0.469. The standard InChI is InChI=1S/C17H34N4O2S.HI/c1-7-18-14(20-13-17(5)9-8-12-24-17)19-10-11-21(6)15(22)23-16(2,3)4;/h7-13H2,1-6H3,(H2,18,19,20);1H. The van der Waals surface area contributed by atoms with Crippen molar-refractivity contribution in [1.82, 2.24) is 15.5 Å². The van der Waals surface area contributed by atoms with Crippen molar-refractivity contribution in [2.24, 2.45) is 4.99 Å². The molecule has 1 aliphatic rings. The number of ether oxygens (including phenoxy) is 1. The second-order valence-electron chi connectivity index (χ2n) is 7.43. The Morgan fingerprint density at radius 3 is 2.56 bits per heavy atom. The third-order valence-electron chi connectivity index (χ3n) is 3.66. The summed E-state index contributed by atoms with van der Waals surface area (Å²) in [5, 5.41) is 6.55. The van der Waals surface area contributed by atoms with E-state index in [9.17, 15) is 4.79 Å². The molecule has 25 heavy (non-hydrogen) atoms. The molecular weight excluding hydrogens is 451 g/mol. The third kappa shape index (κ3) is 10.4. The molecule has 0 aromatic rings. The molecule has 1 unspecified atom stereocenters. The van der Waals surface area contributed by atoms with Gasteiger partial charge in [-0.2, -0.15) is 11.8 Å². The van der Waals surface area contributed by atoms with Crippen LogP contribution in [0.5, 0.6) is 0 Å². The van der Waals surface area contributed by atoms with Crippen LogP contribution >= 0.6 is 35.7 Å². The van der Waals surface area contributed by atoms with E-state index in [2.05, 4.69) is 24.5 Å². The Hall–Kier alpha value is -0.380. The number of amides is 1. The molecule has 0 bridgehead atoms. The number of halogens is 1. The third-order valence-corrected chi connectivity index (χ3v) is 5.18. The van der Waals surface area contributed by atoms with Crippen LogP contribution in [-0.4, -0.2) is 66.3 Å². The van der Waals surface area contributed by atoms with Crippen LogP contribution in [-0.2, 0) is 4.74 Å². The summed E-state index contributed by atoms with van der Waals surface area (Å²) < 4.78 is 5.60. The average molecular weight is 486 g/mol. The lowest BCUT2D eigenvalue weighted by molar-refractivity contribution is 0.0302. The highest BCUT2D eigenvalue weighted by Crippen LogP contribution is 2.37. The molecule has 1 fully saturated rings. The van der Waals surface area contributed by atoms with Gasteiger partial charge in [0.2, 0.25) is 0 Å². The van der Waals surface area contributed by atoms with Crippen LogP contribution in [0.4, 0.5) is 4.79 Å². The second kappa shape index (κ2) is 11.4. The summed E-state index contributed by atoms with van der Waals surface area (Å²) in [5.41, 5.74) is -0.469. The number of carbonyl (C=O) groups excluding carboxylic acids is 1. The largest absolute Gasteiger partial charge is 0.444 e. The van der Waals surface area contributed by atoms with E-state index in [0.717, 1.165) is 19.0 Å². The Morgan fingerprint density at radius 2 is 2.04 bits per heavy atom. The van der Waals surface area contributed by atoms with E-state index >= 15 is 0 Å². The lowest BCUT2D eigenvalue weighted by atomic mass is 10.1. The van der Waals surface area contributed by atoms with Crippen LogP contribution in [0.15, 0.2) is 4.99 Å². The molecule has 1 aliphatic heterocycles. The minimum Gasteiger partial charge on any atom is -0.444 e. The number of aliphatic imine (C=N–C) groups is 1. The molecule has 148 valence electrons. The maximum atomic E-state index is 11.9. The molecule has 0 saturated carbocycles. The van der Waals surface area contributed by atoms with Gasteiger partial charge in [-0.3, -0.25) is 4.99 Å². The van der Waals surface area contributed by atoms with Gasteiger partial charge in [0.25, 0.3) is 0 Å². The van der Waals surface area contributed by atoms with Crippen molar-refractivity contribution in [3.8, 4) is 0 Å². The van der Waals surface area contributed by atoms with Crippen molar-refractivity contribution in [2.45, 2.75) is 57.8 Å². The second-order valence-corrected chi connectivity index (χ2v) is 9.11. The summed E-state index contributed by atoms with van der Waals surface area (Å²) in [6.45, 7) is 12.8. The molecule has 2 N–H and O–H groups in total. The van der Waals surface area contributed by atoms with Gasteiger partial charge in [0.05, 0.1) is 6.54 Å². The summed E-state index contributed by atoms with van der Waals surface area (Å²) in [7, 11) is 1.75. The van der Waals surface area contributed by atoms with Crippen molar-refractivity contribution in [3.63, 3.8) is 0 Å². The Bertz CT molecular complexity index is 435. The van der Waals surface area contributed by atoms with Gasteiger partial charge in [0.15, 0.2) is 5.96 Å². The van der Waals surface area contributed by atoms with E-state index in [4.69, 9.17) is 9.73 Å². The van der Waals surface area contributed by atoms with Crippen LogP contribution in [0.3, 0.4) is 0 Å². The highest BCUT2D eigenvalue weighted by molar-refractivity contribution is 14.0. The van der Waals surface area contributed by atoms with Gasteiger partial charge in [0, 0.05) is 31.4 Å². The first-order valence-corrected chi connectivity index (χ1v) is 9.74. The minimum absolute atomic E-state index is 0. The quantitative estimate of drug-likeness (QED) is 0.343. The van der Waals surface area contributed by atoms with E-state index in [-0.39, 0.29) is 34.8 Å². The molecule has 6 nitrogen and oxygen atoms in total. The van der Waals surface area contributed by atoms with Crippen LogP contribution in [0, 0.1) is 0 Å². The highest BCUT2D eigenvalue weighted by Gasteiger charge is 2.29. The van der Waals surface area contributed by atoms with E-state index in [1.165, 1.54) is 18.6 Å². The number of hydrogen-bond acceptors (Lipinski definition) is 4. The van der Waals surface area contributed by atoms with Crippen LogP contribution in [0.2, 0.25) is 0 Å². The van der Waals surface area contributed by atoms with E-state index in [0.29, 0.717) is 13.1 Å². The van der Waals surface area contributed by atoms with Crippen LogP contribution in [0.25, 0.3) is 0 Å². The Balaban J connectivity index is 0.00000576. The van der Waals surface area contributed by atoms with Crippen molar-refractivity contribution in [1.29, 1.82) is 0 Å². The molecule has 0 aromatic heterocycles. The van der Waals surface area contributed by atoms with Gasteiger partial charge in [0.1, 0.15) is 5.60 Å². The Morgan fingerprint density at radius 1 is 1.36 bits per heavy atom. The predicted molar refractivity (Wildman–Crippen MR) is 118 cm³/mol. The highest BCUT2D eigenvalue weighted by atomic mass is 127. The van der Waals surface area contributed by atoms with Crippen molar-refractivity contribution in [2.75, 3.05) is 39.0 Å². The first-order valence-electron chi connectivity index (χ1n) is 8.75. The fourth-order valence-electron chi connectivity index (χ4n) is 2.32. The predicted octanol–water partition coefficient (Wildman–Crippen LogP) is 3.31. The Labute approximate surface area is 174 Å². The molecule has 0 aromatic carbocycles. The average Bonchev–Trinajstić information content (AvgIpc) is 2.90. The number of hydrogen-bond donors (Lipinski definition) is 2.